The van der Waals surface area contributed by atoms with Crippen LogP contribution in [0.25, 0.3) is 0 Å². The van der Waals surface area contributed by atoms with E-state index in [2.05, 4.69) is 4.72 Å². The Balaban J connectivity index is 1.86. The first-order valence-electron chi connectivity index (χ1n) is 7.96. The summed E-state index contributed by atoms with van der Waals surface area (Å²) in [5, 5.41) is 0.609. The van der Waals surface area contributed by atoms with Gasteiger partial charge < -0.3 is 9.64 Å². The maximum Gasteiger partial charge on any atom is 0.253 e. The molecule has 0 spiro atoms. The Hall–Kier alpha value is -2.25. The minimum atomic E-state index is -3.39. The van der Waals surface area contributed by atoms with Crippen molar-refractivity contribution in [2.45, 2.75) is 6.42 Å². The number of hydrogen-bond acceptors (Lipinski definition) is 4. The molecule has 0 aromatic heterocycles. The molecule has 0 aliphatic heterocycles. The molecule has 2 aromatic rings. The molecule has 0 unspecified atom stereocenters. The Morgan fingerprint density at radius 2 is 1.92 bits per heavy atom. The van der Waals surface area contributed by atoms with Crippen molar-refractivity contribution in [2.75, 3.05) is 31.2 Å². The highest BCUT2D eigenvalue weighted by Gasteiger charge is 2.13. The molecule has 2 aromatic carbocycles. The number of rotatable bonds is 8. The van der Waals surface area contributed by atoms with E-state index < -0.39 is 10.0 Å². The Kier molecular flexibility index (Phi) is 6.88. The largest absolute Gasteiger partial charge is 0.493 e. The first kappa shape index (κ1) is 20.1. The molecule has 0 saturated heterocycles. The lowest BCUT2D eigenvalue weighted by Crippen LogP contribution is -2.28. The molecular weight excluding hydrogens is 376 g/mol. The van der Waals surface area contributed by atoms with E-state index in [4.69, 9.17) is 16.3 Å². The highest BCUT2D eigenvalue weighted by atomic mass is 35.5. The summed E-state index contributed by atoms with van der Waals surface area (Å²) in [5.74, 6) is 0.496. The predicted octanol–water partition coefficient (Wildman–Crippen LogP) is 3.25. The highest BCUT2D eigenvalue weighted by molar-refractivity contribution is 7.92. The monoisotopic (exact) mass is 396 g/mol. The van der Waals surface area contributed by atoms with Crippen LogP contribution in [-0.2, 0) is 10.0 Å². The maximum atomic E-state index is 12.5. The summed E-state index contributed by atoms with van der Waals surface area (Å²) < 4.78 is 30.6. The number of hydrogen-bond donors (Lipinski definition) is 1. The van der Waals surface area contributed by atoms with Gasteiger partial charge >= 0.3 is 0 Å². The zero-order valence-corrected chi connectivity index (χ0v) is 16.2. The van der Waals surface area contributed by atoms with Crippen molar-refractivity contribution in [1.29, 1.82) is 0 Å². The molecule has 0 heterocycles. The van der Waals surface area contributed by atoms with Gasteiger partial charge in [-0.1, -0.05) is 23.7 Å². The first-order chi connectivity index (χ1) is 12.2. The van der Waals surface area contributed by atoms with Crippen LogP contribution in [0.15, 0.2) is 48.5 Å². The summed E-state index contributed by atoms with van der Waals surface area (Å²) >= 11 is 5.89. The molecule has 0 fully saturated rings. The van der Waals surface area contributed by atoms with Crippen molar-refractivity contribution in [3.05, 3.63) is 59.1 Å². The van der Waals surface area contributed by atoms with Crippen molar-refractivity contribution in [3.63, 3.8) is 0 Å². The third-order valence-corrected chi connectivity index (χ3v) is 4.30. The Bertz CT molecular complexity index is 871. The third-order valence-electron chi connectivity index (χ3n) is 3.46. The summed E-state index contributed by atoms with van der Waals surface area (Å²) in [6.07, 6.45) is 1.71. The molecule has 2 rings (SSSR count). The van der Waals surface area contributed by atoms with Crippen molar-refractivity contribution < 1.29 is 17.9 Å². The lowest BCUT2D eigenvalue weighted by Gasteiger charge is -2.18. The van der Waals surface area contributed by atoms with Crippen LogP contribution in [0.5, 0.6) is 5.75 Å². The lowest BCUT2D eigenvalue weighted by atomic mass is 10.2. The van der Waals surface area contributed by atoms with Gasteiger partial charge in [-0.05, 0) is 42.8 Å². The summed E-state index contributed by atoms with van der Waals surface area (Å²) in [4.78, 5) is 14.0. The summed E-state index contributed by atoms with van der Waals surface area (Å²) in [6, 6.07) is 13.5. The van der Waals surface area contributed by atoms with Crippen LogP contribution in [-0.4, -0.2) is 45.7 Å². The second-order valence-corrected chi connectivity index (χ2v) is 8.03. The van der Waals surface area contributed by atoms with Crippen LogP contribution < -0.4 is 9.46 Å². The van der Waals surface area contributed by atoms with E-state index in [1.165, 1.54) is 6.07 Å². The first-order valence-corrected chi connectivity index (χ1v) is 10.2. The quantitative estimate of drug-likeness (QED) is 0.695. The molecule has 6 nitrogen and oxygen atoms in total. The van der Waals surface area contributed by atoms with Gasteiger partial charge in [-0.25, -0.2) is 8.42 Å². The van der Waals surface area contributed by atoms with Crippen molar-refractivity contribution in [2.24, 2.45) is 0 Å². The fourth-order valence-corrected chi connectivity index (χ4v) is 3.04. The number of carbonyl (C=O) groups is 1. The number of amides is 1. The van der Waals surface area contributed by atoms with Gasteiger partial charge in [-0.15, -0.1) is 0 Å². The molecule has 26 heavy (non-hydrogen) atoms. The van der Waals surface area contributed by atoms with E-state index in [0.29, 0.717) is 41.6 Å². The number of sulfonamides is 1. The van der Waals surface area contributed by atoms with E-state index in [-0.39, 0.29) is 5.91 Å². The average molecular weight is 397 g/mol. The van der Waals surface area contributed by atoms with Crippen LogP contribution in [0.3, 0.4) is 0 Å². The molecule has 0 radical (unpaired) electrons. The normalized spacial score (nSPS) is 11.0. The summed E-state index contributed by atoms with van der Waals surface area (Å²) in [6.45, 7) is 0.955. The van der Waals surface area contributed by atoms with Crippen molar-refractivity contribution in [1.82, 2.24) is 4.90 Å². The van der Waals surface area contributed by atoms with Crippen LogP contribution in [0, 0.1) is 0 Å². The molecule has 8 heteroatoms. The molecule has 0 bridgehead atoms. The van der Waals surface area contributed by atoms with Crippen LogP contribution >= 0.6 is 11.6 Å². The van der Waals surface area contributed by atoms with E-state index in [1.54, 1.807) is 42.3 Å². The number of nitrogens with one attached hydrogen (secondary N) is 1. The molecule has 1 N–H and O–H groups in total. The standard InChI is InChI=1S/C18H21ClN2O4S/c1-21(10-5-11-25-17-9-4-7-15(19)13-17)18(22)14-6-3-8-16(12-14)20-26(2,23)24/h3-4,6-9,12-13,20H,5,10-11H2,1-2H3. The fourth-order valence-electron chi connectivity index (χ4n) is 2.30. The second kappa shape index (κ2) is 8.91. The van der Waals surface area contributed by atoms with Crippen LogP contribution in [0.4, 0.5) is 5.69 Å². The molecule has 0 aliphatic rings. The zero-order chi connectivity index (χ0) is 19.2. The van der Waals surface area contributed by atoms with Gasteiger partial charge in [-0.3, -0.25) is 9.52 Å². The number of nitrogens with zero attached hydrogens (tertiary/aromatic N) is 1. The lowest BCUT2D eigenvalue weighted by molar-refractivity contribution is 0.0788. The molecule has 0 aliphatic carbocycles. The second-order valence-electron chi connectivity index (χ2n) is 5.84. The van der Waals surface area contributed by atoms with Gasteiger partial charge in [0.05, 0.1) is 12.9 Å². The molecule has 1 amide bonds. The number of benzene rings is 2. The van der Waals surface area contributed by atoms with Gasteiger partial charge in [-0.2, -0.15) is 0 Å². The smallest absolute Gasteiger partial charge is 0.253 e. The predicted molar refractivity (Wildman–Crippen MR) is 103 cm³/mol. The van der Waals surface area contributed by atoms with E-state index >= 15 is 0 Å². The van der Waals surface area contributed by atoms with E-state index in [9.17, 15) is 13.2 Å². The number of ether oxygens (including phenoxy) is 1. The summed E-state index contributed by atoms with van der Waals surface area (Å²) in [7, 11) is -1.69. The zero-order valence-electron chi connectivity index (χ0n) is 14.6. The topological polar surface area (TPSA) is 75.7 Å². The number of anilines is 1. The molecular formula is C18H21ClN2O4S. The molecule has 140 valence electrons. The van der Waals surface area contributed by atoms with Crippen molar-refractivity contribution in [3.8, 4) is 5.75 Å². The van der Waals surface area contributed by atoms with Gasteiger partial charge in [0.25, 0.3) is 5.91 Å². The van der Waals surface area contributed by atoms with Crippen molar-refractivity contribution >= 4 is 33.2 Å². The van der Waals surface area contributed by atoms with Crippen LogP contribution in [0.1, 0.15) is 16.8 Å². The summed E-state index contributed by atoms with van der Waals surface area (Å²) in [5.41, 5.74) is 0.771. The van der Waals surface area contributed by atoms with Gasteiger partial charge in [0.15, 0.2) is 0 Å². The van der Waals surface area contributed by atoms with Gasteiger partial charge in [0, 0.05) is 29.9 Å². The average Bonchev–Trinajstić information content (AvgIpc) is 2.56. The van der Waals surface area contributed by atoms with Gasteiger partial charge in [0.1, 0.15) is 5.75 Å². The maximum absolute atomic E-state index is 12.5. The third kappa shape index (κ3) is 6.57. The Labute approximate surface area is 158 Å². The van der Waals surface area contributed by atoms with Gasteiger partial charge in [0.2, 0.25) is 10.0 Å². The fraction of sp³-hybridized carbons (Fsp3) is 0.278. The molecule has 0 saturated carbocycles. The number of halogens is 1. The minimum Gasteiger partial charge on any atom is -0.493 e. The Morgan fingerprint density at radius 1 is 1.19 bits per heavy atom. The van der Waals surface area contributed by atoms with Crippen LogP contribution in [0.2, 0.25) is 5.02 Å². The highest BCUT2D eigenvalue weighted by Crippen LogP contribution is 2.17. The minimum absolute atomic E-state index is 0.190. The Morgan fingerprint density at radius 3 is 2.62 bits per heavy atom. The van der Waals surface area contributed by atoms with E-state index in [0.717, 1.165) is 6.26 Å². The van der Waals surface area contributed by atoms with E-state index in [1.807, 2.05) is 12.1 Å². The molecule has 0 atom stereocenters. The number of carbonyl (C=O) groups excluding carboxylic acids is 1. The SMILES string of the molecule is CN(CCCOc1cccc(Cl)c1)C(=O)c1cccc(NS(C)(=O)=O)c1.